The summed E-state index contributed by atoms with van der Waals surface area (Å²) in [5.74, 6) is 1.69. The molecule has 0 N–H and O–H groups in total. The van der Waals surface area contributed by atoms with Crippen LogP contribution < -0.4 is 4.74 Å². The lowest BCUT2D eigenvalue weighted by Crippen LogP contribution is -2.21. The van der Waals surface area contributed by atoms with Gasteiger partial charge in [0.15, 0.2) is 0 Å². The summed E-state index contributed by atoms with van der Waals surface area (Å²) in [6.45, 7) is 14.3. The topological polar surface area (TPSA) is 27.7 Å². The lowest BCUT2D eigenvalue weighted by atomic mass is 9.84. The van der Waals surface area contributed by atoms with Crippen LogP contribution in [-0.4, -0.2) is 27.4 Å². The van der Waals surface area contributed by atoms with Gasteiger partial charge >= 0.3 is 0 Å². The average Bonchev–Trinajstić information content (AvgIpc) is 2.44. The Bertz CT molecular complexity index is 531. The molecule has 0 saturated heterocycles. The highest BCUT2D eigenvalue weighted by Gasteiger charge is 2.24. The van der Waals surface area contributed by atoms with Gasteiger partial charge in [-0.2, -0.15) is 0 Å². The molecule has 3 nitrogen and oxygen atoms in total. The number of methoxy groups -OCH3 is 2. The highest BCUT2D eigenvalue weighted by molar-refractivity contribution is 5.65. The Balaban J connectivity index is 3.19. The van der Waals surface area contributed by atoms with E-state index in [0.717, 1.165) is 22.6 Å². The van der Waals surface area contributed by atoms with Crippen LogP contribution in [0.15, 0.2) is 29.8 Å². The smallest absolute Gasteiger partial charge is 0.128 e. The fraction of sp³-hybridized carbons (Fsp3) is 0.600. The zero-order valence-electron chi connectivity index (χ0n) is 15.9. The molecule has 130 valence electrons. The van der Waals surface area contributed by atoms with E-state index in [1.807, 2.05) is 24.3 Å². The molecule has 0 radical (unpaired) electrons. The van der Waals surface area contributed by atoms with E-state index in [9.17, 15) is 0 Å². The molecule has 0 amide bonds. The van der Waals surface area contributed by atoms with Gasteiger partial charge in [0.25, 0.3) is 0 Å². The van der Waals surface area contributed by atoms with Gasteiger partial charge in [-0.3, -0.25) is 0 Å². The Hall–Kier alpha value is -1.48. The van der Waals surface area contributed by atoms with Gasteiger partial charge < -0.3 is 14.2 Å². The van der Waals surface area contributed by atoms with Crippen molar-refractivity contribution in [3.8, 4) is 5.75 Å². The van der Waals surface area contributed by atoms with Gasteiger partial charge in [0.2, 0.25) is 0 Å². The lowest BCUT2D eigenvalue weighted by molar-refractivity contribution is 0.0787. The monoisotopic (exact) mass is 320 g/mol. The molecule has 0 saturated carbocycles. The van der Waals surface area contributed by atoms with Crippen molar-refractivity contribution in [1.82, 2.24) is 0 Å². The van der Waals surface area contributed by atoms with E-state index in [-0.39, 0.29) is 10.8 Å². The number of rotatable bonds is 6. The van der Waals surface area contributed by atoms with Gasteiger partial charge in [0.05, 0.1) is 27.4 Å². The van der Waals surface area contributed by atoms with Crippen molar-refractivity contribution < 1.29 is 14.2 Å². The molecule has 1 aromatic rings. The maximum Gasteiger partial charge on any atom is 0.128 e. The normalized spacial score (nSPS) is 13.6. The number of hydrogen-bond acceptors (Lipinski definition) is 3. The molecule has 0 aliphatic carbocycles. The van der Waals surface area contributed by atoms with E-state index in [2.05, 4.69) is 41.5 Å². The second-order valence-corrected chi connectivity index (χ2v) is 8.05. The van der Waals surface area contributed by atoms with Crippen molar-refractivity contribution in [3.05, 3.63) is 35.4 Å². The molecule has 1 aromatic carbocycles. The Labute approximate surface area is 141 Å². The molecule has 0 bridgehead atoms. The second-order valence-electron chi connectivity index (χ2n) is 8.05. The van der Waals surface area contributed by atoms with Crippen LogP contribution in [-0.2, 0) is 9.47 Å². The van der Waals surface area contributed by atoms with Gasteiger partial charge in [-0.1, -0.05) is 53.7 Å². The first-order chi connectivity index (χ1) is 10.6. The number of ether oxygens (including phenoxy) is 3. The first-order valence-corrected chi connectivity index (χ1v) is 8.08. The average molecular weight is 320 g/mol. The van der Waals surface area contributed by atoms with Gasteiger partial charge in [-0.25, -0.2) is 0 Å². The van der Waals surface area contributed by atoms with E-state index in [1.165, 1.54) is 0 Å². The van der Waals surface area contributed by atoms with Crippen molar-refractivity contribution in [1.29, 1.82) is 0 Å². The first kappa shape index (κ1) is 19.6. The molecule has 0 unspecified atom stereocenters. The zero-order chi connectivity index (χ0) is 17.7. The molecule has 23 heavy (non-hydrogen) atoms. The summed E-state index contributed by atoms with van der Waals surface area (Å²) in [5, 5.41) is 0. The molecule has 0 aromatic heterocycles. The summed E-state index contributed by atoms with van der Waals surface area (Å²) >= 11 is 0. The minimum absolute atomic E-state index is 0.0493. The zero-order valence-corrected chi connectivity index (χ0v) is 15.9. The van der Waals surface area contributed by atoms with Crippen LogP contribution in [0.25, 0.3) is 5.76 Å². The third-order valence-corrected chi connectivity index (χ3v) is 3.50. The molecule has 3 heteroatoms. The fourth-order valence-electron chi connectivity index (χ4n) is 2.26. The third-order valence-electron chi connectivity index (χ3n) is 3.50. The predicted octanol–water partition coefficient (Wildman–Crippen LogP) is 5.16. The van der Waals surface area contributed by atoms with Crippen LogP contribution in [0.3, 0.4) is 0 Å². The van der Waals surface area contributed by atoms with Gasteiger partial charge in [-0.05, 0) is 23.0 Å². The highest BCUT2D eigenvalue weighted by atomic mass is 16.5. The molecule has 0 fully saturated rings. The van der Waals surface area contributed by atoms with Crippen LogP contribution in [0.1, 0.15) is 47.1 Å². The standard InChI is InChI=1S/C20H32O3/c1-19(2,3)14-23-13-17(20(4,5)6)18(22-8)15-10-9-11-16(12-15)21-7/h9-12H,13-14H2,1-8H3. The molecule has 1 rings (SSSR count). The van der Waals surface area contributed by atoms with E-state index in [1.54, 1.807) is 14.2 Å². The van der Waals surface area contributed by atoms with Gasteiger partial charge in [-0.15, -0.1) is 0 Å². The third kappa shape index (κ3) is 6.26. The SMILES string of the molecule is COC(=C(COCC(C)(C)C)C(C)(C)C)c1cccc(OC)c1. The molecule has 0 aliphatic heterocycles. The Morgan fingerprint density at radius 2 is 1.65 bits per heavy atom. The summed E-state index contributed by atoms with van der Waals surface area (Å²) in [5.41, 5.74) is 2.26. The summed E-state index contributed by atoms with van der Waals surface area (Å²) in [6, 6.07) is 7.94. The van der Waals surface area contributed by atoms with E-state index < -0.39 is 0 Å². The largest absolute Gasteiger partial charge is 0.497 e. The second kappa shape index (κ2) is 7.87. The lowest BCUT2D eigenvalue weighted by Gasteiger charge is -2.28. The molecule has 0 atom stereocenters. The van der Waals surface area contributed by atoms with Crippen molar-refractivity contribution in [2.45, 2.75) is 41.5 Å². The first-order valence-electron chi connectivity index (χ1n) is 8.08. The predicted molar refractivity (Wildman–Crippen MR) is 96.7 cm³/mol. The van der Waals surface area contributed by atoms with Crippen molar-refractivity contribution in [2.24, 2.45) is 10.8 Å². The van der Waals surface area contributed by atoms with Crippen LogP contribution in [0, 0.1) is 10.8 Å². The number of hydrogen-bond donors (Lipinski definition) is 0. The van der Waals surface area contributed by atoms with E-state index >= 15 is 0 Å². The maximum atomic E-state index is 5.98. The molecular formula is C20H32O3. The number of benzene rings is 1. The Morgan fingerprint density at radius 3 is 2.13 bits per heavy atom. The van der Waals surface area contributed by atoms with Crippen molar-refractivity contribution >= 4 is 5.76 Å². The van der Waals surface area contributed by atoms with Gasteiger partial charge in [0.1, 0.15) is 11.5 Å². The van der Waals surface area contributed by atoms with Crippen LogP contribution in [0.4, 0.5) is 0 Å². The molecular weight excluding hydrogens is 288 g/mol. The summed E-state index contributed by atoms with van der Waals surface area (Å²) in [6.07, 6.45) is 0. The van der Waals surface area contributed by atoms with Crippen LogP contribution in [0.2, 0.25) is 0 Å². The molecule has 0 spiro atoms. The quantitative estimate of drug-likeness (QED) is 0.677. The summed E-state index contributed by atoms with van der Waals surface area (Å²) in [4.78, 5) is 0. The molecule has 0 heterocycles. The van der Waals surface area contributed by atoms with Crippen molar-refractivity contribution in [3.63, 3.8) is 0 Å². The Kier molecular flexibility index (Phi) is 6.69. The molecule has 0 aliphatic rings. The summed E-state index contributed by atoms with van der Waals surface area (Å²) < 4.78 is 17.1. The fourth-order valence-corrected chi connectivity index (χ4v) is 2.26. The van der Waals surface area contributed by atoms with Gasteiger partial charge in [0, 0.05) is 11.1 Å². The van der Waals surface area contributed by atoms with Crippen molar-refractivity contribution in [2.75, 3.05) is 27.4 Å². The van der Waals surface area contributed by atoms with E-state index in [4.69, 9.17) is 14.2 Å². The Morgan fingerprint density at radius 1 is 1.00 bits per heavy atom. The van der Waals surface area contributed by atoms with Crippen LogP contribution >= 0.6 is 0 Å². The highest BCUT2D eigenvalue weighted by Crippen LogP contribution is 2.34. The maximum absolute atomic E-state index is 5.98. The summed E-state index contributed by atoms with van der Waals surface area (Å²) in [7, 11) is 3.39. The van der Waals surface area contributed by atoms with Crippen LogP contribution in [0.5, 0.6) is 5.75 Å². The minimum atomic E-state index is -0.0493. The van der Waals surface area contributed by atoms with E-state index in [0.29, 0.717) is 13.2 Å². The minimum Gasteiger partial charge on any atom is -0.497 e.